The quantitative estimate of drug-likeness (QED) is 0.646. The summed E-state index contributed by atoms with van der Waals surface area (Å²) in [5, 5.41) is 6.06. The first-order valence-corrected chi connectivity index (χ1v) is 7.97. The molecule has 6 nitrogen and oxygen atoms in total. The summed E-state index contributed by atoms with van der Waals surface area (Å²) in [6, 6.07) is 7.57. The predicted molar refractivity (Wildman–Crippen MR) is 91.7 cm³/mol. The molecular formula is C17H27N3O3. The second-order valence-electron chi connectivity index (χ2n) is 5.21. The van der Waals surface area contributed by atoms with Crippen molar-refractivity contribution in [1.29, 1.82) is 0 Å². The fourth-order valence-electron chi connectivity index (χ4n) is 2.15. The minimum atomic E-state index is 0.0110. The third-order valence-electron chi connectivity index (χ3n) is 3.53. The monoisotopic (exact) mass is 321 g/mol. The highest BCUT2D eigenvalue weighted by molar-refractivity contribution is 5.76. The molecule has 0 bridgehead atoms. The van der Waals surface area contributed by atoms with Crippen molar-refractivity contribution in [3.63, 3.8) is 0 Å². The summed E-state index contributed by atoms with van der Waals surface area (Å²) in [4.78, 5) is 24.7. The van der Waals surface area contributed by atoms with Gasteiger partial charge in [0, 0.05) is 45.2 Å². The van der Waals surface area contributed by atoms with E-state index in [0.717, 1.165) is 17.9 Å². The fraction of sp³-hybridized carbons (Fsp3) is 0.529. The third-order valence-corrected chi connectivity index (χ3v) is 3.53. The van der Waals surface area contributed by atoms with E-state index in [9.17, 15) is 9.59 Å². The number of nitrogens with one attached hydrogen (secondary N) is 2. The van der Waals surface area contributed by atoms with E-state index in [2.05, 4.69) is 10.6 Å². The average molecular weight is 321 g/mol. The molecule has 0 unspecified atom stereocenters. The maximum atomic E-state index is 11.7. The van der Waals surface area contributed by atoms with E-state index in [4.69, 9.17) is 4.74 Å². The Morgan fingerprint density at radius 2 is 1.87 bits per heavy atom. The van der Waals surface area contributed by atoms with E-state index in [1.807, 2.05) is 31.2 Å². The van der Waals surface area contributed by atoms with Crippen molar-refractivity contribution in [3.8, 4) is 5.75 Å². The molecular weight excluding hydrogens is 294 g/mol. The Bertz CT molecular complexity index is 488. The molecule has 0 saturated carbocycles. The van der Waals surface area contributed by atoms with Crippen LogP contribution in [0.3, 0.4) is 0 Å². The van der Waals surface area contributed by atoms with Gasteiger partial charge in [-0.3, -0.25) is 9.59 Å². The van der Waals surface area contributed by atoms with Crippen LogP contribution in [-0.4, -0.2) is 50.0 Å². The second kappa shape index (κ2) is 10.5. The van der Waals surface area contributed by atoms with E-state index in [1.54, 1.807) is 18.9 Å². The standard InChI is InChI=1S/C17H27N3O3/c1-4-20(14(2)21)13-5-11-19-17(22)10-12-18-15-6-8-16(23-3)9-7-15/h6-9,18H,4-5,10-13H2,1-3H3,(H,19,22). The Kier molecular flexibility index (Phi) is 8.57. The molecule has 0 radical (unpaired) electrons. The number of carbonyl (C=O) groups is 2. The Labute approximate surface area is 138 Å². The molecule has 6 heteroatoms. The van der Waals surface area contributed by atoms with Crippen LogP contribution in [0.2, 0.25) is 0 Å². The third kappa shape index (κ3) is 7.54. The lowest BCUT2D eigenvalue weighted by atomic mass is 10.3. The molecule has 0 spiro atoms. The lowest BCUT2D eigenvalue weighted by Crippen LogP contribution is -2.33. The number of carbonyl (C=O) groups excluding carboxylic acids is 2. The van der Waals surface area contributed by atoms with Gasteiger partial charge in [0.25, 0.3) is 0 Å². The summed E-state index contributed by atoms with van der Waals surface area (Å²) < 4.78 is 5.09. The molecule has 0 aliphatic rings. The summed E-state index contributed by atoms with van der Waals surface area (Å²) in [6.07, 6.45) is 1.18. The van der Waals surface area contributed by atoms with Crippen LogP contribution in [0.15, 0.2) is 24.3 Å². The van der Waals surface area contributed by atoms with Crippen molar-refractivity contribution in [2.24, 2.45) is 0 Å². The van der Waals surface area contributed by atoms with E-state index in [-0.39, 0.29) is 11.8 Å². The van der Waals surface area contributed by atoms with Gasteiger partial charge in [0.1, 0.15) is 5.75 Å². The second-order valence-corrected chi connectivity index (χ2v) is 5.21. The number of nitrogens with zero attached hydrogens (tertiary/aromatic N) is 1. The minimum Gasteiger partial charge on any atom is -0.497 e. The Morgan fingerprint density at radius 3 is 2.43 bits per heavy atom. The summed E-state index contributed by atoms with van der Waals surface area (Å²) in [5.41, 5.74) is 0.957. The van der Waals surface area contributed by atoms with Crippen LogP contribution in [0.25, 0.3) is 0 Å². The molecule has 2 N–H and O–H groups in total. The minimum absolute atomic E-state index is 0.0110. The molecule has 23 heavy (non-hydrogen) atoms. The molecule has 2 amide bonds. The number of benzene rings is 1. The van der Waals surface area contributed by atoms with E-state index >= 15 is 0 Å². The number of ether oxygens (including phenoxy) is 1. The van der Waals surface area contributed by atoms with Gasteiger partial charge in [-0.05, 0) is 37.6 Å². The van der Waals surface area contributed by atoms with Crippen LogP contribution in [-0.2, 0) is 9.59 Å². The molecule has 1 rings (SSSR count). The average Bonchev–Trinajstić information content (AvgIpc) is 2.55. The van der Waals surface area contributed by atoms with Gasteiger partial charge in [-0.2, -0.15) is 0 Å². The van der Waals surface area contributed by atoms with E-state index < -0.39 is 0 Å². The number of anilines is 1. The van der Waals surface area contributed by atoms with Crippen molar-refractivity contribution in [3.05, 3.63) is 24.3 Å². The lowest BCUT2D eigenvalue weighted by molar-refractivity contribution is -0.128. The van der Waals surface area contributed by atoms with Crippen LogP contribution >= 0.6 is 0 Å². The topological polar surface area (TPSA) is 70.7 Å². The van der Waals surface area contributed by atoms with Crippen molar-refractivity contribution in [1.82, 2.24) is 10.2 Å². The SMILES string of the molecule is CCN(CCCNC(=O)CCNc1ccc(OC)cc1)C(C)=O. The highest BCUT2D eigenvalue weighted by Gasteiger charge is 2.05. The summed E-state index contributed by atoms with van der Waals surface area (Å²) in [5.74, 6) is 0.888. The number of amides is 2. The first kappa shape index (κ1) is 18.8. The maximum Gasteiger partial charge on any atom is 0.221 e. The molecule has 0 aromatic heterocycles. The van der Waals surface area contributed by atoms with Gasteiger partial charge in [0.05, 0.1) is 7.11 Å². The normalized spacial score (nSPS) is 10.0. The molecule has 1 aromatic rings. The van der Waals surface area contributed by atoms with Crippen LogP contribution in [0, 0.1) is 0 Å². The molecule has 0 aliphatic heterocycles. The Hall–Kier alpha value is -2.24. The van der Waals surface area contributed by atoms with Crippen LogP contribution in [0.1, 0.15) is 26.7 Å². The van der Waals surface area contributed by atoms with Crippen molar-refractivity contribution < 1.29 is 14.3 Å². The summed E-state index contributed by atoms with van der Waals surface area (Å²) >= 11 is 0. The summed E-state index contributed by atoms with van der Waals surface area (Å²) in [7, 11) is 1.63. The van der Waals surface area contributed by atoms with Crippen LogP contribution in [0.4, 0.5) is 5.69 Å². The lowest BCUT2D eigenvalue weighted by Gasteiger charge is -2.18. The van der Waals surface area contributed by atoms with Gasteiger partial charge in [-0.1, -0.05) is 0 Å². The molecule has 0 fully saturated rings. The molecule has 128 valence electrons. The highest BCUT2D eigenvalue weighted by Crippen LogP contribution is 2.14. The zero-order valence-electron chi connectivity index (χ0n) is 14.2. The Balaban J connectivity index is 2.13. The molecule has 0 saturated heterocycles. The molecule has 0 heterocycles. The first-order valence-electron chi connectivity index (χ1n) is 7.97. The van der Waals surface area contributed by atoms with Gasteiger partial charge in [0.15, 0.2) is 0 Å². The zero-order valence-corrected chi connectivity index (χ0v) is 14.2. The van der Waals surface area contributed by atoms with Gasteiger partial charge in [-0.15, -0.1) is 0 Å². The van der Waals surface area contributed by atoms with Crippen molar-refractivity contribution in [2.45, 2.75) is 26.7 Å². The molecule has 1 aromatic carbocycles. The largest absolute Gasteiger partial charge is 0.497 e. The maximum absolute atomic E-state index is 11.7. The zero-order chi connectivity index (χ0) is 17.1. The first-order chi connectivity index (χ1) is 11.1. The fourth-order valence-corrected chi connectivity index (χ4v) is 2.15. The van der Waals surface area contributed by atoms with Gasteiger partial charge in [0.2, 0.25) is 11.8 Å². The van der Waals surface area contributed by atoms with Gasteiger partial charge >= 0.3 is 0 Å². The Morgan fingerprint density at radius 1 is 1.17 bits per heavy atom. The van der Waals surface area contributed by atoms with Crippen LogP contribution < -0.4 is 15.4 Å². The predicted octanol–water partition coefficient (Wildman–Crippen LogP) is 1.87. The highest BCUT2D eigenvalue weighted by atomic mass is 16.5. The number of rotatable bonds is 10. The smallest absolute Gasteiger partial charge is 0.221 e. The van der Waals surface area contributed by atoms with Crippen molar-refractivity contribution in [2.75, 3.05) is 38.6 Å². The van der Waals surface area contributed by atoms with Crippen LogP contribution in [0.5, 0.6) is 5.75 Å². The molecule has 0 atom stereocenters. The number of hydrogen-bond donors (Lipinski definition) is 2. The van der Waals surface area contributed by atoms with E-state index in [0.29, 0.717) is 32.6 Å². The van der Waals surface area contributed by atoms with Gasteiger partial charge < -0.3 is 20.3 Å². The van der Waals surface area contributed by atoms with Crippen molar-refractivity contribution >= 4 is 17.5 Å². The van der Waals surface area contributed by atoms with E-state index in [1.165, 1.54) is 0 Å². The van der Waals surface area contributed by atoms with Gasteiger partial charge in [-0.25, -0.2) is 0 Å². The number of methoxy groups -OCH3 is 1. The molecule has 0 aliphatic carbocycles. The number of hydrogen-bond acceptors (Lipinski definition) is 4. The summed E-state index contributed by atoms with van der Waals surface area (Å²) in [6.45, 7) is 6.06.